The Morgan fingerprint density at radius 2 is 2.00 bits per heavy atom. The van der Waals surface area contributed by atoms with E-state index in [-0.39, 0.29) is 11.9 Å². The third kappa shape index (κ3) is 4.22. The second-order valence-corrected chi connectivity index (χ2v) is 5.85. The average Bonchev–Trinajstić information content (AvgIpc) is 2.41. The molecule has 0 aliphatic heterocycles. The van der Waals surface area contributed by atoms with Gasteiger partial charge in [0.2, 0.25) is 0 Å². The first kappa shape index (κ1) is 16.5. The maximum absolute atomic E-state index is 12.6. The quantitative estimate of drug-likeness (QED) is 0.688. The predicted octanol–water partition coefficient (Wildman–Crippen LogP) is 4.63. The molecule has 0 aliphatic rings. The summed E-state index contributed by atoms with van der Waals surface area (Å²) in [4.78, 5) is 14.5. The van der Waals surface area contributed by atoms with Gasteiger partial charge in [0.1, 0.15) is 0 Å². The van der Waals surface area contributed by atoms with Crippen molar-refractivity contribution in [1.82, 2.24) is 4.90 Å². The fourth-order valence-corrected chi connectivity index (χ4v) is 2.64. The standard InChI is InChI=1S/C15H21BrClNO/c1-4-13(5-2)18(9-8-17)15(19)12-6-7-14(16)11(3)10-12/h6-7,10,13H,4-5,8-9H2,1-3H3. The molecule has 0 unspecified atom stereocenters. The number of rotatable bonds is 6. The number of nitrogens with zero attached hydrogens (tertiary/aromatic N) is 1. The molecule has 0 saturated heterocycles. The highest BCUT2D eigenvalue weighted by molar-refractivity contribution is 9.10. The lowest BCUT2D eigenvalue weighted by Crippen LogP contribution is -2.41. The third-order valence-electron chi connectivity index (χ3n) is 3.37. The van der Waals surface area contributed by atoms with Crippen LogP contribution in [0.2, 0.25) is 0 Å². The van der Waals surface area contributed by atoms with E-state index in [9.17, 15) is 4.79 Å². The van der Waals surface area contributed by atoms with E-state index in [2.05, 4.69) is 29.8 Å². The minimum absolute atomic E-state index is 0.0740. The molecule has 1 aromatic carbocycles. The first-order valence-electron chi connectivity index (χ1n) is 6.68. The summed E-state index contributed by atoms with van der Waals surface area (Å²) in [7, 11) is 0. The summed E-state index contributed by atoms with van der Waals surface area (Å²) < 4.78 is 1.02. The lowest BCUT2D eigenvalue weighted by molar-refractivity contribution is 0.0681. The van der Waals surface area contributed by atoms with Crippen LogP contribution in [0.1, 0.15) is 42.6 Å². The predicted molar refractivity (Wildman–Crippen MR) is 85.0 cm³/mol. The number of amides is 1. The maximum atomic E-state index is 12.6. The molecule has 0 fully saturated rings. The van der Waals surface area contributed by atoms with E-state index in [0.717, 1.165) is 28.4 Å². The van der Waals surface area contributed by atoms with Crippen molar-refractivity contribution in [3.63, 3.8) is 0 Å². The Kier molecular flexibility index (Phi) is 6.87. The van der Waals surface area contributed by atoms with Crippen molar-refractivity contribution in [3.05, 3.63) is 33.8 Å². The van der Waals surface area contributed by atoms with E-state index in [1.165, 1.54) is 0 Å². The van der Waals surface area contributed by atoms with Crippen LogP contribution in [0.25, 0.3) is 0 Å². The zero-order chi connectivity index (χ0) is 14.4. The summed E-state index contributed by atoms with van der Waals surface area (Å²) in [6, 6.07) is 5.98. The van der Waals surface area contributed by atoms with E-state index >= 15 is 0 Å². The van der Waals surface area contributed by atoms with Gasteiger partial charge in [-0.25, -0.2) is 0 Å². The molecule has 1 aromatic rings. The van der Waals surface area contributed by atoms with E-state index in [4.69, 9.17) is 11.6 Å². The van der Waals surface area contributed by atoms with Crippen molar-refractivity contribution >= 4 is 33.4 Å². The van der Waals surface area contributed by atoms with Crippen molar-refractivity contribution in [2.45, 2.75) is 39.7 Å². The van der Waals surface area contributed by atoms with Crippen LogP contribution in [-0.2, 0) is 0 Å². The van der Waals surface area contributed by atoms with Crippen LogP contribution in [0.4, 0.5) is 0 Å². The summed E-state index contributed by atoms with van der Waals surface area (Å²) in [5, 5.41) is 0. The first-order valence-corrected chi connectivity index (χ1v) is 8.00. The smallest absolute Gasteiger partial charge is 0.254 e. The zero-order valence-electron chi connectivity index (χ0n) is 11.7. The largest absolute Gasteiger partial charge is 0.334 e. The van der Waals surface area contributed by atoms with Crippen molar-refractivity contribution in [2.24, 2.45) is 0 Å². The molecular weight excluding hydrogens is 326 g/mol. The van der Waals surface area contributed by atoms with E-state index < -0.39 is 0 Å². The van der Waals surface area contributed by atoms with Gasteiger partial charge in [-0.1, -0.05) is 29.8 Å². The molecule has 2 nitrogen and oxygen atoms in total. The summed E-state index contributed by atoms with van der Waals surface area (Å²) in [6.45, 7) is 6.80. The molecule has 0 heterocycles. The molecular formula is C15H21BrClNO. The lowest BCUT2D eigenvalue weighted by atomic mass is 10.1. The van der Waals surface area contributed by atoms with Crippen LogP contribution >= 0.6 is 27.5 Å². The highest BCUT2D eigenvalue weighted by Gasteiger charge is 2.22. The van der Waals surface area contributed by atoms with Crippen molar-refractivity contribution in [1.29, 1.82) is 0 Å². The van der Waals surface area contributed by atoms with E-state index in [0.29, 0.717) is 12.4 Å². The van der Waals surface area contributed by atoms with Gasteiger partial charge in [-0.3, -0.25) is 4.79 Å². The molecule has 0 aromatic heterocycles. The van der Waals surface area contributed by atoms with Gasteiger partial charge in [-0.15, -0.1) is 11.6 Å². The second kappa shape index (κ2) is 7.91. The third-order valence-corrected chi connectivity index (χ3v) is 4.43. The molecule has 0 aliphatic carbocycles. The Morgan fingerprint density at radius 1 is 1.37 bits per heavy atom. The molecule has 0 atom stereocenters. The summed E-state index contributed by atoms with van der Waals surface area (Å²) in [5.41, 5.74) is 1.80. The fraction of sp³-hybridized carbons (Fsp3) is 0.533. The number of hydrogen-bond acceptors (Lipinski definition) is 1. The number of hydrogen-bond donors (Lipinski definition) is 0. The number of alkyl halides is 1. The van der Waals surface area contributed by atoms with Crippen LogP contribution in [-0.4, -0.2) is 29.3 Å². The van der Waals surface area contributed by atoms with Crippen LogP contribution in [0.3, 0.4) is 0 Å². The Labute approximate surface area is 129 Å². The van der Waals surface area contributed by atoms with Gasteiger partial charge in [0.05, 0.1) is 0 Å². The first-order chi connectivity index (χ1) is 9.04. The molecule has 106 valence electrons. The van der Waals surface area contributed by atoms with E-state index in [1.54, 1.807) is 0 Å². The monoisotopic (exact) mass is 345 g/mol. The van der Waals surface area contributed by atoms with E-state index in [1.807, 2.05) is 30.0 Å². The molecule has 4 heteroatoms. The van der Waals surface area contributed by atoms with Gasteiger partial charge in [0.15, 0.2) is 0 Å². The van der Waals surface area contributed by atoms with Gasteiger partial charge in [0.25, 0.3) is 5.91 Å². The normalized spacial score (nSPS) is 10.8. The molecule has 0 radical (unpaired) electrons. The molecule has 19 heavy (non-hydrogen) atoms. The highest BCUT2D eigenvalue weighted by atomic mass is 79.9. The summed E-state index contributed by atoms with van der Waals surface area (Å²) in [6.07, 6.45) is 1.91. The molecule has 1 rings (SSSR count). The van der Waals surface area contributed by atoms with Crippen molar-refractivity contribution in [2.75, 3.05) is 12.4 Å². The Morgan fingerprint density at radius 3 is 2.47 bits per heavy atom. The number of carbonyl (C=O) groups is 1. The zero-order valence-corrected chi connectivity index (χ0v) is 14.1. The molecule has 0 N–H and O–H groups in total. The van der Waals surface area contributed by atoms with Crippen molar-refractivity contribution < 1.29 is 4.79 Å². The summed E-state index contributed by atoms with van der Waals surface area (Å²) >= 11 is 9.30. The van der Waals surface area contributed by atoms with Crippen LogP contribution in [0.5, 0.6) is 0 Å². The number of halogens is 2. The van der Waals surface area contributed by atoms with Crippen LogP contribution in [0, 0.1) is 6.92 Å². The van der Waals surface area contributed by atoms with Gasteiger partial charge >= 0.3 is 0 Å². The van der Waals surface area contributed by atoms with Gasteiger partial charge in [-0.05, 0) is 43.5 Å². The minimum atomic E-state index is 0.0740. The Balaban J connectivity index is 3.01. The van der Waals surface area contributed by atoms with Crippen LogP contribution in [0.15, 0.2) is 22.7 Å². The summed E-state index contributed by atoms with van der Waals surface area (Å²) in [5.74, 6) is 0.544. The molecule has 0 bridgehead atoms. The molecule has 0 spiro atoms. The Hall–Kier alpha value is -0.540. The topological polar surface area (TPSA) is 20.3 Å². The highest BCUT2D eigenvalue weighted by Crippen LogP contribution is 2.20. The average molecular weight is 347 g/mol. The van der Waals surface area contributed by atoms with Crippen LogP contribution < -0.4 is 0 Å². The van der Waals surface area contributed by atoms with Gasteiger partial charge in [0, 0.05) is 28.5 Å². The van der Waals surface area contributed by atoms with Crippen molar-refractivity contribution in [3.8, 4) is 0 Å². The number of benzene rings is 1. The number of aryl methyl sites for hydroxylation is 1. The fourth-order valence-electron chi connectivity index (χ4n) is 2.21. The SMILES string of the molecule is CCC(CC)N(CCCl)C(=O)c1ccc(Br)c(C)c1. The molecule has 1 amide bonds. The lowest BCUT2D eigenvalue weighted by Gasteiger charge is -2.30. The second-order valence-electron chi connectivity index (χ2n) is 4.62. The minimum Gasteiger partial charge on any atom is -0.334 e. The molecule has 0 saturated carbocycles. The Bertz CT molecular complexity index is 432. The maximum Gasteiger partial charge on any atom is 0.254 e. The van der Waals surface area contributed by atoms with Gasteiger partial charge < -0.3 is 4.90 Å². The number of carbonyl (C=O) groups excluding carboxylic acids is 1. The van der Waals surface area contributed by atoms with Gasteiger partial charge in [-0.2, -0.15) is 0 Å².